The molecule has 0 radical (unpaired) electrons. The van der Waals surface area contributed by atoms with Crippen LogP contribution in [-0.2, 0) is 0 Å². The van der Waals surface area contributed by atoms with E-state index in [4.69, 9.17) is 9.15 Å². The molecule has 2 aliphatic rings. The Morgan fingerprint density at radius 3 is 2.83 bits per heavy atom. The third-order valence-corrected chi connectivity index (χ3v) is 2.64. The SMILES string of the molecule is CC(C)NC(O)CCOc1cc2ccocc-2c1. The molecule has 0 aromatic rings. The molecule has 4 heteroatoms. The van der Waals surface area contributed by atoms with Crippen LogP contribution in [0, 0.1) is 0 Å². The van der Waals surface area contributed by atoms with Crippen molar-refractivity contribution >= 4 is 0 Å². The minimum Gasteiger partial charge on any atom is -0.493 e. The highest BCUT2D eigenvalue weighted by Gasteiger charge is 2.09. The summed E-state index contributed by atoms with van der Waals surface area (Å²) in [6.07, 6.45) is 3.37. The maximum atomic E-state index is 9.63. The molecule has 0 aromatic carbocycles. The zero-order valence-electron chi connectivity index (χ0n) is 10.7. The van der Waals surface area contributed by atoms with Crippen molar-refractivity contribution in [1.29, 1.82) is 0 Å². The summed E-state index contributed by atoms with van der Waals surface area (Å²) in [6.45, 7) is 4.48. The molecule has 0 bridgehead atoms. The van der Waals surface area contributed by atoms with E-state index in [9.17, 15) is 5.11 Å². The number of hydrogen-bond donors (Lipinski definition) is 2. The summed E-state index contributed by atoms with van der Waals surface area (Å²) in [5, 5.41) is 12.6. The van der Waals surface area contributed by atoms with Crippen LogP contribution in [0.5, 0.6) is 5.75 Å². The molecule has 2 rings (SSSR count). The average Bonchev–Trinajstić information content (AvgIpc) is 2.70. The number of hydrogen-bond acceptors (Lipinski definition) is 4. The Kier molecular flexibility index (Phi) is 4.23. The summed E-state index contributed by atoms with van der Waals surface area (Å²) in [5.41, 5.74) is 2.12. The van der Waals surface area contributed by atoms with Crippen LogP contribution in [-0.4, -0.2) is 24.0 Å². The quantitative estimate of drug-likeness (QED) is 0.772. The molecule has 4 nitrogen and oxygen atoms in total. The van der Waals surface area contributed by atoms with Crippen LogP contribution < -0.4 is 10.1 Å². The number of fused-ring (bicyclic) bond motifs is 1. The fourth-order valence-electron chi connectivity index (χ4n) is 1.83. The number of nitrogens with one attached hydrogen (secondary N) is 1. The molecule has 98 valence electrons. The Balaban J connectivity index is 1.82. The second-order valence-corrected chi connectivity index (χ2v) is 4.63. The van der Waals surface area contributed by atoms with Gasteiger partial charge in [-0.25, -0.2) is 0 Å². The van der Waals surface area contributed by atoms with E-state index in [1.807, 2.05) is 32.0 Å². The lowest BCUT2D eigenvalue weighted by Gasteiger charge is -2.15. The number of aliphatic hydroxyl groups excluding tert-OH is 1. The predicted octanol–water partition coefficient (Wildman–Crippen LogP) is 2.47. The maximum Gasteiger partial charge on any atom is 0.120 e. The van der Waals surface area contributed by atoms with Gasteiger partial charge >= 0.3 is 0 Å². The van der Waals surface area contributed by atoms with Crippen molar-refractivity contribution in [3.05, 3.63) is 30.7 Å². The Bertz CT molecular complexity index is 422. The highest BCUT2D eigenvalue weighted by Crippen LogP contribution is 2.30. The topological polar surface area (TPSA) is 54.6 Å². The Morgan fingerprint density at radius 2 is 2.11 bits per heavy atom. The van der Waals surface area contributed by atoms with E-state index in [0.29, 0.717) is 13.0 Å². The molecular formula is C14H19NO3. The summed E-state index contributed by atoms with van der Waals surface area (Å²) >= 11 is 0. The van der Waals surface area contributed by atoms with Gasteiger partial charge in [0.25, 0.3) is 0 Å². The molecule has 0 aromatic heterocycles. The highest BCUT2D eigenvalue weighted by molar-refractivity contribution is 5.68. The van der Waals surface area contributed by atoms with Crippen LogP contribution in [0.25, 0.3) is 11.1 Å². The normalized spacial score (nSPS) is 13.1. The summed E-state index contributed by atoms with van der Waals surface area (Å²) in [5.74, 6) is 0.808. The van der Waals surface area contributed by atoms with E-state index < -0.39 is 6.23 Å². The molecule has 18 heavy (non-hydrogen) atoms. The van der Waals surface area contributed by atoms with Gasteiger partial charge in [0.2, 0.25) is 0 Å². The van der Waals surface area contributed by atoms with Gasteiger partial charge in [-0.1, -0.05) is 0 Å². The molecule has 0 saturated heterocycles. The molecule has 2 N–H and O–H groups in total. The molecular weight excluding hydrogens is 230 g/mol. The Labute approximate surface area is 107 Å². The van der Waals surface area contributed by atoms with Crippen molar-refractivity contribution in [3.63, 3.8) is 0 Å². The molecule has 1 atom stereocenters. The highest BCUT2D eigenvalue weighted by atomic mass is 16.5. The fourth-order valence-corrected chi connectivity index (χ4v) is 1.83. The lowest BCUT2D eigenvalue weighted by Crippen LogP contribution is -2.35. The first-order chi connectivity index (χ1) is 8.65. The first-order valence-electron chi connectivity index (χ1n) is 6.18. The lowest BCUT2D eigenvalue weighted by atomic mass is 10.2. The summed E-state index contributed by atoms with van der Waals surface area (Å²) in [6, 6.07) is 6.06. The van der Waals surface area contributed by atoms with Crippen LogP contribution in [0.4, 0.5) is 0 Å². The molecule has 1 aliphatic carbocycles. The van der Waals surface area contributed by atoms with E-state index >= 15 is 0 Å². The predicted molar refractivity (Wildman–Crippen MR) is 69.7 cm³/mol. The van der Waals surface area contributed by atoms with Gasteiger partial charge in [0.05, 0.1) is 19.1 Å². The van der Waals surface area contributed by atoms with Gasteiger partial charge in [0.15, 0.2) is 0 Å². The maximum absolute atomic E-state index is 9.63. The van der Waals surface area contributed by atoms with Gasteiger partial charge in [0.1, 0.15) is 12.0 Å². The number of aliphatic hydroxyl groups is 1. The average molecular weight is 249 g/mol. The minimum absolute atomic E-state index is 0.267. The molecule has 0 fully saturated rings. The first-order valence-corrected chi connectivity index (χ1v) is 6.18. The zero-order valence-corrected chi connectivity index (χ0v) is 10.7. The number of rotatable bonds is 6. The van der Waals surface area contributed by atoms with E-state index in [2.05, 4.69) is 5.32 Å². The van der Waals surface area contributed by atoms with Crippen LogP contribution >= 0.6 is 0 Å². The molecule has 0 amide bonds. The van der Waals surface area contributed by atoms with Crippen molar-refractivity contribution < 1.29 is 14.3 Å². The van der Waals surface area contributed by atoms with Gasteiger partial charge < -0.3 is 14.3 Å². The summed E-state index contributed by atoms with van der Waals surface area (Å²) in [4.78, 5) is 0. The van der Waals surface area contributed by atoms with E-state index in [1.54, 1.807) is 12.5 Å². The van der Waals surface area contributed by atoms with E-state index in [0.717, 1.165) is 16.9 Å². The largest absolute Gasteiger partial charge is 0.493 e. The van der Waals surface area contributed by atoms with Crippen molar-refractivity contribution in [2.45, 2.75) is 32.5 Å². The zero-order chi connectivity index (χ0) is 13.0. The van der Waals surface area contributed by atoms with Crippen LogP contribution in [0.2, 0.25) is 0 Å². The fraction of sp³-hybridized carbons (Fsp3) is 0.429. The van der Waals surface area contributed by atoms with Gasteiger partial charge in [0, 0.05) is 18.0 Å². The second kappa shape index (κ2) is 5.89. The summed E-state index contributed by atoms with van der Waals surface area (Å²) < 4.78 is 10.7. The van der Waals surface area contributed by atoms with Crippen molar-refractivity contribution in [2.24, 2.45) is 0 Å². The summed E-state index contributed by atoms with van der Waals surface area (Å²) in [7, 11) is 0. The van der Waals surface area contributed by atoms with Crippen LogP contribution in [0.3, 0.4) is 0 Å². The van der Waals surface area contributed by atoms with E-state index in [1.165, 1.54) is 0 Å². The smallest absolute Gasteiger partial charge is 0.120 e. The lowest BCUT2D eigenvalue weighted by molar-refractivity contribution is 0.0996. The molecule has 0 saturated carbocycles. The van der Waals surface area contributed by atoms with Crippen LogP contribution in [0.1, 0.15) is 20.3 Å². The molecule has 1 heterocycles. The molecule has 1 unspecified atom stereocenters. The third-order valence-electron chi connectivity index (χ3n) is 2.64. The minimum atomic E-state index is -0.524. The first kappa shape index (κ1) is 12.9. The molecule has 1 aliphatic heterocycles. The Morgan fingerprint density at radius 1 is 1.33 bits per heavy atom. The van der Waals surface area contributed by atoms with Crippen molar-refractivity contribution in [2.75, 3.05) is 6.61 Å². The van der Waals surface area contributed by atoms with Gasteiger partial charge in [-0.3, -0.25) is 5.32 Å². The van der Waals surface area contributed by atoms with Crippen molar-refractivity contribution in [1.82, 2.24) is 5.32 Å². The van der Waals surface area contributed by atoms with Gasteiger partial charge in [-0.15, -0.1) is 0 Å². The van der Waals surface area contributed by atoms with Gasteiger partial charge in [-0.05, 0) is 37.6 Å². The van der Waals surface area contributed by atoms with Crippen molar-refractivity contribution in [3.8, 4) is 16.9 Å². The van der Waals surface area contributed by atoms with Gasteiger partial charge in [-0.2, -0.15) is 0 Å². The Hall–Kier alpha value is -1.52. The number of ether oxygens (including phenoxy) is 1. The van der Waals surface area contributed by atoms with Crippen LogP contribution in [0.15, 0.2) is 35.1 Å². The standard InChI is InChI=1S/C14H19NO3/c1-10(2)15-14(16)4-6-18-13-7-11-3-5-17-9-12(11)8-13/h3,5,7-10,14-16H,4,6H2,1-2H3. The molecule has 0 spiro atoms. The third kappa shape index (κ3) is 3.48. The monoisotopic (exact) mass is 249 g/mol. The van der Waals surface area contributed by atoms with E-state index in [-0.39, 0.29) is 6.04 Å². The second-order valence-electron chi connectivity index (χ2n) is 4.63.